The highest BCUT2D eigenvalue weighted by Crippen LogP contribution is 2.40. The van der Waals surface area contributed by atoms with Gasteiger partial charge in [0.25, 0.3) is 5.91 Å². The van der Waals surface area contributed by atoms with E-state index in [0.29, 0.717) is 5.56 Å². The number of nitrogens with zero attached hydrogens (tertiary/aromatic N) is 2. The largest absolute Gasteiger partial charge is 0.313 e. The molecule has 2 aromatic carbocycles. The first kappa shape index (κ1) is 19.2. The minimum atomic E-state index is -0.493. The van der Waals surface area contributed by atoms with E-state index in [4.69, 9.17) is 0 Å². The Hall–Kier alpha value is -2.62. The van der Waals surface area contributed by atoms with Crippen molar-refractivity contribution in [1.29, 1.82) is 0 Å². The summed E-state index contributed by atoms with van der Waals surface area (Å²) in [6.07, 6.45) is -0.317. The zero-order valence-corrected chi connectivity index (χ0v) is 16.7. The van der Waals surface area contributed by atoms with Crippen molar-refractivity contribution >= 4 is 11.8 Å². The van der Waals surface area contributed by atoms with Gasteiger partial charge in [0, 0.05) is 11.0 Å². The smallest absolute Gasteiger partial charge is 0.256 e. The average Bonchev–Trinajstić information content (AvgIpc) is 2.93. The molecule has 142 valence electrons. The molecule has 3 rings (SSSR count). The molecule has 27 heavy (non-hydrogen) atoms. The monoisotopic (exact) mass is 364 g/mol. The molecule has 0 bridgehead atoms. The molecule has 0 N–H and O–H groups in total. The second-order valence-corrected chi connectivity index (χ2v) is 8.33. The van der Waals surface area contributed by atoms with E-state index in [1.54, 1.807) is 4.90 Å². The molecule has 1 fully saturated rings. The normalized spacial score (nSPS) is 21.4. The van der Waals surface area contributed by atoms with Crippen LogP contribution in [-0.2, 0) is 4.79 Å². The standard InChI is InChI=1S/C23H28N2O2/c1-16(18-12-8-6-9-13-18)24-20(26)17(2)25(22(24)23(3,4)5)21(27)19-14-10-7-11-15-19/h6-17,22H,1-5H3/t16-,17+,22-/m1/s1. The summed E-state index contributed by atoms with van der Waals surface area (Å²) in [5.74, 6) is -0.102. The first-order valence-electron chi connectivity index (χ1n) is 9.48. The van der Waals surface area contributed by atoms with E-state index in [2.05, 4.69) is 20.8 Å². The highest BCUT2D eigenvalue weighted by molar-refractivity contribution is 5.99. The lowest BCUT2D eigenvalue weighted by Gasteiger charge is -2.42. The molecule has 1 aliphatic heterocycles. The molecular formula is C23H28N2O2. The van der Waals surface area contributed by atoms with E-state index in [9.17, 15) is 9.59 Å². The van der Waals surface area contributed by atoms with E-state index >= 15 is 0 Å². The third-order valence-electron chi connectivity index (χ3n) is 5.29. The molecule has 4 heteroatoms. The molecule has 1 heterocycles. The summed E-state index contributed by atoms with van der Waals surface area (Å²) >= 11 is 0. The Morgan fingerprint density at radius 1 is 0.963 bits per heavy atom. The lowest BCUT2D eigenvalue weighted by Crippen LogP contribution is -2.51. The Morgan fingerprint density at radius 2 is 1.48 bits per heavy atom. The van der Waals surface area contributed by atoms with Crippen LogP contribution >= 0.6 is 0 Å². The zero-order chi connectivity index (χ0) is 19.8. The highest BCUT2D eigenvalue weighted by atomic mass is 16.2. The number of amides is 2. The number of benzene rings is 2. The fraction of sp³-hybridized carbons (Fsp3) is 0.391. The first-order chi connectivity index (χ1) is 12.7. The van der Waals surface area contributed by atoms with E-state index in [-0.39, 0.29) is 29.4 Å². The number of carbonyl (C=O) groups is 2. The van der Waals surface area contributed by atoms with Crippen molar-refractivity contribution in [3.05, 3.63) is 71.8 Å². The fourth-order valence-electron chi connectivity index (χ4n) is 3.95. The zero-order valence-electron chi connectivity index (χ0n) is 16.7. The van der Waals surface area contributed by atoms with Gasteiger partial charge in [0.1, 0.15) is 12.2 Å². The Balaban J connectivity index is 2.04. The lowest BCUT2D eigenvalue weighted by atomic mass is 9.89. The third kappa shape index (κ3) is 3.48. The minimum absolute atomic E-state index is 0.00411. The SMILES string of the molecule is C[C@H](c1ccccc1)N1C(=O)[C@H](C)N(C(=O)c2ccccc2)[C@@H]1C(C)(C)C. The van der Waals surface area contributed by atoms with Gasteiger partial charge < -0.3 is 9.80 Å². The Kier molecular flexibility index (Phi) is 5.09. The van der Waals surface area contributed by atoms with E-state index in [0.717, 1.165) is 5.56 Å². The molecule has 0 aliphatic carbocycles. The molecular weight excluding hydrogens is 336 g/mol. The first-order valence-corrected chi connectivity index (χ1v) is 9.48. The summed E-state index contributed by atoms with van der Waals surface area (Å²) in [4.78, 5) is 30.2. The molecule has 4 nitrogen and oxygen atoms in total. The quantitative estimate of drug-likeness (QED) is 0.805. The van der Waals surface area contributed by atoms with E-state index in [1.165, 1.54) is 0 Å². The van der Waals surface area contributed by atoms with Crippen LogP contribution in [0.3, 0.4) is 0 Å². The van der Waals surface area contributed by atoms with Gasteiger partial charge in [0.05, 0.1) is 6.04 Å². The van der Waals surface area contributed by atoms with Gasteiger partial charge in [-0.3, -0.25) is 9.59 Å². The van der Waals surface area contributed by atoms with Crippen LogP contribution in [0.4, 0.5) is 0 Å². The second kappa shape index (κ2) is 7.18. The van der Waals surface area contributed by atoms with Crippen molar-refractivity contribution in [3.8, 4) is 0 Å². The van der Waals surface area contributed by atoms with Crippen LogP contribution in [0, 0.1) is 5.41 Å². The van der Waals surface area contributed by atoms with E-state index < -0.39 is 6.04 Å². The van der Waals surface area contributed by atoms with Crippen molar-refractivity contribution in [2.45, 2.75) is 52.9 Å². The summed E-state index contributed by atoms with van der Waals surface area (Å²) in [6, 6.07) is 18.6. The topological polar surface area (TPSA) is 40.6 Å². The molecule has 1 aliphatic rings. The summed E-state index contributed by atoms with van der Waals surface area (Å²) in [5.41, 5.74) is 1.40. The molecule has 0 aromatic heterocycles. The van der Waals surface area contributed by atoms with Gasteiger partial charge >= 0.3 is 0 Å². The van der Waals surface area contributed by atoms with Gasteiger partial charge in [-0.15, -0.1) is 0 Å². The molecule has 2 amide bonds. The fourth-order valence-corrected chi connectivity index (χ4v) is 3.95. The Bertz CT molecular complexity index is 811. The van der Waals surface area contributed by atoms with Gasteiger partial charge in [0.15, 0.2) is 0 Å². The van der Waals surface area contributed by atoms with Crippen molar-refractivity contribution in [2.24, 2.45) is 5.41 Å². The minimum Gasteiger partial charge on any atom is -0.313 e. The van der Waals surface area contributed by atoms with Crippen LogP contribution in [-0.4, -0.2) is 33.8 Å². The molecule has 0 radical (unpaired) electrons. The van der Waals surface area contributed by atoms with Crippen LogP contribution < -0.4 is 0 Å². The summed E-state index contributed by atoms with van der Waals surface area (Å²) in [5, 5.41) is 0. The Labute approximate surface area is 161 Å². The molecule has 3 atom stereocenters. The Morgan fingerprint density at radius 3 is 2.00 bits per heavy atom. The number of hydrogen-bond acceptors (Lipinski definition) is 2. The number of carbonyl (C=O) groups excluding carboxylic acids is 2. The predicted molar refractivity (Wildman–Crippen MR) is 107 cm³/mol. The van der Waals surface area contributed by atoms with E-state index in [1.807, 2.05) is 79.4 Å². The predicted octanol–water partition coefficient (Wildman–Crippen LogP) is 4.49. The maximum atomic E-state index is 13.3. The van der Waals surface area contributed by atoms with Gasteiger partial charge in [-0.1, -0.05) is 69.3 Å². The van der Waals surface area contributed by atoms with Gasteiger partial charge in [0.2, 0.25) is 5.91 Å². The summed E-state index contributed by atoms with van der Waals surface area (Å²) in [6.45, 7) is 10.1. The number of hydrogen-bond donors (Lipinski definition) is 0. The third-order valence-corrected chi connectivity index (χ3v) is 5.29. The van der Waals surface area contributed by atoms with Crippen LogP contribution in [0.15, 0.2) is 60.7 Å². The average molecular weight is 364 g/mol. The van der Waals surface area contributed by atoms with Crippen molar-refractivity contribution < 1.29 is 9.59 Å². The number of rotatable bonds is 3. The van der Waals surface area contributed by atoms with Gasteiger partial charge in [-0.2, -0.15) is 0 Å². The van der Waals surface area contributed by atoms with Crippen LogP contribution in [0.25, 0.3) is 0 Å². The summed E-state index contributed by atoms with van der Waals surface area (Å²) in [7, 11) is 0. The molecule has 0 spiro atoms. The maximum Gasteiger partial charge on any atom is 0.256 e. The van der Waals surface area contributed by atoms with Crippen molar-refractivity contribution in [1.82, 2.24) is 9.80 Å². The summed E-state index contributed by atoms with van der Waals surface area (Å²) < 4.78 is 0. The second-order valence-electron chi connectivity index (χ2n) is 8.33. The lowest BCUT2D eigenvalue weighted by molar-refractivity contribution is -0.133. The maximum absolute atomic E-state index is 13.3. The van der Waals surface area contributed by atoms with Crippen molar-refractivity contribution in [3.63, 3.8) is 0 Å². The highest BCUT2D eigenvalue weighted by Gasteiger charge is 2.52. The van der Waals surface area contributed by atoms with Crippen LogP contribution in [0.5, 0.6) is 0 Å². The van der Waals surface area contributed by atoms with Crippen LogP contribution in [0.1, 0.15) is 56.6 Å². The van der Waals surface area contributed by atoms with Crippen LogP contribution in [0.2, 0.25) is 0 Å². The molecule has 1 saturated heterocycles. The van der Waals surface area contributed by atoms with Gasteiger partial charge in [-0.05, 0) is 31.5 Å². The molecule has 0 unspecified atom stereocenters. The molecule has 2 aromatic rings. The van der Waals surface area contributed by atoms with Crippen molar-refractivity contribution in [2.75, 3.05) is 0 Å². The van der Waals surface area contributed by atoms with Gasteiger partial charge in [-0.25, -0.2) is 0 Å². The molecule has 0 saturated carbocycles.